The van der Waals surface area contributed by atoms with Crippen LogP contribution >= 0.6 is 0 Å². The second-order valence-electron chi connectivity index (χ2n) is 3.63. The number of carbonyl (C=O) groups is 1. The minimum atomic E-state index is -0.334. The number of rotatable bonds is 2. The number of ketones is 1. The summed E-state index contributed by atoms with van der Waals surface area (Å²) in [5.41, 5.74) is 1.63. The minimum absolute atomic E-state index is 0.141. The molecule has 0 saturated carbocycles. The lowest BCUT2D eigenvalue weighted by Crippen LogP contribution is -2.09. The zero-order valence-corrected chi connectivity index (χ0v) is 9.07. The van der Waals surface area contributed by atoms with Crippen LogP contribution in [0.5, 0.6) is 0 Å². The monoisotopic (exact) mass is 218 g/mol. The first-order chi connectivity index (χ1) is 7.59. The predicted molar refractivity (Wildman–Crippen MR) is 57.8 cm³/mol. The van der Waals surface area contributed by atoms with Crippen LogP contribution in [0.15, 0.2) is 30.5 Å². The molecule has 0 aliphatic carbocycles. The Morgan fingerprint density at radius 1 is 1.38 bits per heavy atom. The molecule has 1 aromatic heterocycles. The highest BCUT2D eigenvalue weighted by Gasteiger charge is 2.14. The van der Waals surface area contributed by atoms with E-state index in [4.69, 9.17) is 0 Å². The van der Waals surface area contributed by atoms with E-state index in [0.717, 1.165) is 0 Å². The number of benzene rings is 1. The fourth-order valence-corrected chi connectivity index (χ4v) is 1.62. The van der Waals surface area contributed by atoms with Crippen molar-refractivity contribution in [1.29, 1.82) is 0 Å². The largest absolute Gasteiger partial charge is 0.287 e. The molecule has 0 saturated heterocycles. The Morgan fingerprint density at radius 3 is 2.69 bits per heavy atom. The Morgan fingerprint density at radius 2 is 2.12 bits per heavy atom. The van der Waals surface area contributed by atoms with Crippen molar-refractivity contribution in [1.82, 2.24) is 9.78 Å². The molecule has 0 atom stereocenters. The third-order valence-corrected chi connectivity index (χ3v) is 2.49. The minimum Gasteiger partial charge on any atom is -0.287 e. The molecule has 2 aromatic rings. The number of hydrogen-bond acceptors (Lipinski definition) is 2. The molecule has 16 heavy (non-hydrogen) atoms. The van der Waals surface area contributed by atoms with Crippen LogP contribution < -0.4 is 0 Å². The molecule has 0 amide bonds. The first-order valence-electron chi connectivity index (χ1n) is 4.88. The van der Waals surface area contributed by atoms with Gasteiger partial charge in [-0.25, -0.2) is 4.39 Å². The van der Waals surface area contributed by atoms with Crippen molar-refractivity contribution in [3.8, 4) is 0 Å². The average Bonchev–Trinajstić information content (AvgIpc) is 2.63. The Bertz CT molecular complexity index is 546. The van der Waals surface area contributed by atoms with Gasteiger partial charge in [0.2, 0.25) is 5.78 Å². The highest BCUT2D eigenvalue weighted by atomic mass is 19.1. The molecule has 0 aliphatic heterocycles. The van der Waals surface area contributed by atoms with E-state index in [-0.39, 0.29) is 11.6 Å². The van der Waals surface area contributed by atoms with Gasteiger partial charge in [0.05, 0.1) is 0 Å². The number of halogens is 1. The van der Waals surface area contributed by atoms with Gasteiger partial charge in [0.15, 0.2) is 0 Å². The van der Waals surface area contributed by atoms with Crippen LogP contribution in [0.3, 0.4) is 0 Å². The molecular weight excluding hydrogens is 207 g/mol. The van der Waals surface area contributed by atoms with E-state index < -0.39 is 0 Å². The first-order valence-corrected chi connectivity index (χ1v) is 4.88. The normalized spacial score (nSPS) is 10.4. The number of aryl methyl sites for hydroxylation is 2. The molecular formula is C12H11FN2O. The fraction of sp³-hybridized carbons (Fsp3) is 0.167. The van der Waals surface area contributed by atoms with Gasteiger partial charge in [0.1, 0.15) is 11.5 Å². The Hall–Kier alpha value is -1.97. The summed E-state index contributed by atoms with van der Waals surface area (Å²) in [6, 6.07) is 5.78. The highest BCUT2D eigenvalue weighted by molar-refractivity contribution is 6.08. The SMILES string of the molecule is Cc1cc(F)ccc1C(=O)c1ccnn1C. The van der Waals surface area contributed by atoms with E-state index in [0.29, 0.717) is 16.8 Å². The van der Waals surface area contributed by atoms with E-state index in [1.807, 2.05) is 0 Å². The summed E-state index contributed by atoms with van der Waals surface area (Å²) < 4.78 is 14.4. The van der Waals surface area contributed by atoms with Gasteiger partial charge in [-0.3, -0.25) is 9.48 Å². The van der Waals surface area contributed by atoms with E-state index in [1.54, 1.807) is 26.2 Å². The first kappa shape index (κ1) is 10.5. The quantitative estimate of drug-likeness (QED) is 0.723. The van der Waals surface area contributed by atoms with Crippen LogP contribution in [0.4, 0.5) is 4.39 Å². The lowest BCUT2D eigenvalue weighted by molar-refractivity contribution is 0.102. The summed E-state index contributed by atoms with van der Waals surface area (Å²) >= 11 is 0. The highest BCUT2D eigenvalue weighted by Crippen LogP contribution is 2.14. The smallest absolute Gasteiger partial charge is 0.211 e. The van der Waals surface area contributed by atoms with Crippen molar-refractivity contribution in [2.75, 3.05) is 0 Å². The van der Waals surface area contributed by atoms with Crippen molar-refractivity contribution in [3.63, 3.8) is 0 Å². The van der Waals surface area contributed by atoms with Gasteiger partial charge < -0.3 is 0 Å². The molecule has 0 bridgehead atoms. The van der Waals surface area contributed by atoms with E-state index in [1.165, 1.54) is 22.9 Å². The summed E-state index contributed by atoms with van der Waals surface area (Å²) in [4.78, 5) is 12.1. The molecule has 1 heterocycles. The third kappa shape index (κ3) is 1.74. The van der Waals surface area contributed by atoms with Crippen LogP contribution in [-0.2, 0) is 7.05 Å². The molecule has 0 radical (unpaired) electrons. The maximum atomic E-state index is 12.9. The Labute approximate surface area is 92.5 Å². The number of hydrogen-bond donors (Lipinski definition) is 0. The zero-order valence-electron chi connectivity index (χ0n) is 9.07. The van der Waals surface area contributed by atoms with Gasteiger partial charge in [-0.2, -0.15) is 5.10 Å². The summed E-state index contributed by atoms with van der Waals surface area (Å²) in [6.07, 6.45) is 1.56. The van der Waals surface area contributed by atoms with Gasteiger partial charge in [-0.1, -0.05) is 0 Å². The predicted octanol–water partition coefficient (Wildman–Crippen LogP) is 2.10. The van der Waals surface area contributed by atoms with Crippen LogP contribution in [0.1, 0.15) is 21.6 Å². The second kappa shape index (κ2) is 3.89. The molecule has 0 unspecified atom stereocenters. The van der Waals surface area contributed by atoms with Crippen LogP contribution in [0, 0.1) is 12.7 Å². The molecule has 0 aliphatic rings. The van der Waals surface area contributed by atoms with Gasteiger partial charge in [-0.15, -0.1) is 0 Å². The summed E-state index contributed by atoms with van der Waals surface area (Å²) in [5.74, 6) is -0.475. The molecule has 0 fully saturated rings. The Kier molecular flexibility index (Phi) is 2.56. The van der Waals surface area contributed by atoms with Crippen LogP contribution in [0.25, 0.3) is 0 Å². The zero-order chi connectivity index (χ0) is 11.7. The van der Waals surface area contributed by atoms with E-state index in [9.17, 15) is 9.18 Å². The van der Waals surface area contributed by atoms with Gasteiger partial charge in [-0.05, 0) is 36.8 Å². The second-order valence-corrected chi connectivity index (χ2v) is 3.63. The van der Waals surface area contributed by atoms with Crippen molar-refractivity contribution in [3.05, 3.63) is 53.1 Å². The lowest BCUT2D eigenvalue weighted by Gasteiger charge is -2.05. The summed E-state index contributed by atoms with van der Waals surface area (Å²) in [5, 5.41) is 3.93. The Balaban J connectivity index is 2.46. The van der Waals surface area contributed by atoms with Gasteiger partial charge in [0.25, 0.3) is 0 Å². The van der Waals surface area contributed by atoms with E-state index in [2.05, 4.69) is 5.10 Å². The van der Waals surface area contributed by atoms with Crippen molar-refractivity contribution < 1.29 is 9.18 Å². The summed E-state index contributed by atoms with van der Waals surface area (Å²) in [7, 11) is 1.70. The van der Waals surface area contributed by atoms with Crippen LogP contribution in [-0.4, -0.2) is 15.6 Å². The maximum absolute atomic E-state index is 12.9. The lowest BCUT2D eigenvalue weighted by atomic mass is 10.0. The van der Waals surface area contributed by atoms with Gasteiger partial charge in [0, 0.05) is 18.8 Å². The van der Waals surface area contributed by atoms with Crippen molar-refractivity contribution in [2.45, 2.75) is 6.92 Å². The molecule has 4 heteroatoms. The molecule has 0 N–H and O–H groups in total. The van der Waals surface area contributed by atoms with Crippen molar-refractivity contribution >= 4 is 5.78 Å². The molecule has 0 spiro atoms. The number of nitrogens with zero attached hydrogens (tertiary/aromatic N) is 2. The topological polar surface area (TPSA) is 34.9 Å². The maximum Gasteiger partial charge on any atom is 0.211 e. The van der Waals surface area contributed by atoms with Crippen molar-refractivity contribution in [2.24, 2.45) is 7.05 Å². The molecule has 2 rings (SSSR count). The van der Waals surface area contributed by atoms with Gasteiger partial charge >= 0.3 is 0 Å². The van der Waals surface area contributed by atoms with E-state index >= 15 is 0 Å². The van der Waals surface area contributed by atoms with Crippen LogP contribution in [0.2, 0.25) is 0 Å². The third-order valence-electron chi connectivity index (χ3n) is 2.49. The number of carbonyl (C=O) groups excluding carboxylic acids is 1. The molecule has 1 aromatic carbocycles. The molecule has 3 nitrogen and oxygen atoms in total. The average molecular weight is 218 g/mol. The summed E-state index contributed by atoms with van der Waals surface area (Å²) in [6.45, 7) is 1.71. The standard InChI is InChI=1S/C12H11FN2O/c1-8-7-9(13)3-4-10(8)12(16)11-5-6-14-15(11)2/h3-7H,1-2H3. The fourth-order valence-electron chi connectivity index (χ4n) is 1.62. The number of aromatic nitrogens is 2. The molecule has 82 valence electrons.